The molecule has 0 unspecified atom stereocenters. The zero-order valence-electron chi connectivity index (χ0n) is 16.0. The number of piperidine rings is 1. The lowest BCUT2D eigenvalue weighted by molar-refractivity contribution is -0.135. The highest BCUT2D eigenvalue weighted by atomic mass is 32.2. The monoisotopic (exact) mass is 382 g/mol. The normalized spacial score (nSPS) is 16.4. The van der Waals surface area contributed by atoms with Crippen molar-refractivity contribution in [3.63, 3.8) is 0 Å². The molecule has 0 aliphatic carbocycles. The molecule has 6 nitrogen and oxygen atoms in total. The first-order chi connectivity index (χ1) is 12.4. The Morgan fingerprint density at radius 2 is 1.92 bits per heavy atom. The molecule has 7 heteroatoms. The summed E-state index contributed by atoms with van der Waals surface area (Å²) in [6.45, 7) is 3.34. The molecule has 0 saturated carbocycles. The van der Waals surface area contributed by atoms with Crippen molar-refractivity contribution < 1.29 is 17.9 Å². The minimum Gasteiger partial charge on any atom is -0.496 e. The van der Waals surface area contributed by atoms with Crippen LogP contribution < -0.4 is 4.74 Å². The van der Waals surface area contributed by atoms with Crippen molar-refractivity contribution in [2.24, 2.45) is 5.92 Å². The Labute approximate surface area is 157 Å². The summed E-state index contributed by atoms with van der Waals surface area (Å²) in [6, 6.07) is 7.66. The van der Waals surface area contributed by atoms with Gasteiger partial charge in [-0.25, -0.2) is 12.7 Å². The van der Waals surface area contributed by atoms with Crippen molar-refractivity contribution >= 4 is 15.9 Å². The van der Waals surface area contributed by atoms with E-state index in [9.17, 15) is 13.2 Å². The van der Waals surface area contributed by atoms with E-state index in [0.29, 0.717) is 38.9 Å². The zero-order valence-corrected chi connectivity index (χ0v) is 16.8. The molecule has 0 spiro atoms. The maximum Gasteiger partial charge on any atom is 0.225 e. The van der Waals surface area contributed by atoms with Crippen LogP contribution in [0.5, 0.6) is 5.75 Å². The minimum atomic E-state index is -3.18. The maximum absolute atomic E-state index is 12.7. The van der Waals surface area contributed by atoms with Gasteiger partial charge in [0.2, 0.25) is 15.9 Å². The molecule has 1 heterocycles. The average molecular weight is 383 g/mol. The van der Waals surface area contributed by atoms with Gasteiger partial charge in [0.15, 0.2) is 0 Å². The predicted octanol–water partition coefficient (Wildman–Crippen LogP) is 2.50. The van der Waals surface area contributed by atoms with Crippen LogP contribution in [0.3, 0.4) is 0 Å². The van der Waals surface area contributed by atoms with Gasteiger partial charge in [-0.15, -0.1) is 0 Å². The van der Waals surface area contributed by atoms with Gasteiger partial charge < -0.3 is 9.64 Å². The number of amides is 1. The van der Waals surface area contributed by atoms with Gasteiger partial charge in [0.25, 0.3) is 0 Å². The number of ether oxygens (including phenoxy) is 1. The van der Waals surface area contributed by atoms with Gasteiger partial charge >= 0.3 is 0 Å². The molecule has 1 aliphatic heterocycles. The third-order valence-corrected chi connectivity index (χ3v) is 6.89. The number of carbonyl (C=O) groups excluding carboxylic acids is 1. The first kappa shape index (κ1) is 20.7. The second-order valence-corrected chi connectivity index (χ2v) is 8.94. The number of sulfonamides is 1. The van der Waals surface area contributed by atoms with Gasteiger partial charge in [0, 0.05) is 38.2 Å². The van der Waals surface area contributed by atoms with E-state index in [0.717, 1.165) is 17.7 Å². The standard InChI is InChI=1S/C19H30N2O4S/c1-4-5-14-26(23,24)21-12-10-16(11-13-21)19(22)20(2)15-17-8-6-7-9-18(17)25-3/h6-9,16H,4-5,10-15H2,1-3H3. The van der Waals surface area contributed by atoms with Crippen LogP contribution in [0.4, 0.5) is 0 Å². The molecule has 1 fully saturated rings. The molecule has 2 rings (SSSR count). The number of unbranched alkanes of at least 4 members (excludes halogenated alkanes) is 1. The van der Waals surface area contributed by atoms with Crippen LogP contribution in [-0.2, 0) is 21.4 Å². The predicted molar refractivity (Wildman–Crippen MR) is 102 cm³/mol. The summed E-state index contributed by atoms with van der Waals surface area (Å²) in [5.74, 6) is 0.924. The SMILES string of the molecule is CCCCS(=O)(=O)N1CCC(C(=O)N(C)Cc2ccccc2OC)CC1. The number of hydrogen-bond acceptors (Lipinski definition) is 4. The van der Waals surface area contributed by atoms with Crippen LogP contribution in [0, 0.1) is 5.92 Å². The molecular weight excluding hydrogens is 352 g/mol. The quantitative estimate of drug-likeness (QED) is 0.693. The third kappa shape index (κ3) is 5.20. The molecule has 1 aromatic carbocycles. The smallest absolute Gasteiger partial charge is 0.225 e. The van der Waals surface area contributed by atoms with Crippen molar-refractivity contribution in [3.8, 4) is 5.75 Å². The fourth-order valence-electron chi connectivity index (χ4n) is 3.32. The topological polar surface area (TPSA) is 66.9 Å². The molecular formula is C19H30N2O4S. The van der Waals surface area contributed by atoms with Gasteiger partial charge in [-0.3, -0.25) is 4.79 Å². The molecule has 146 valence electrons. The lowest BCUT2D eigenvalue weighted by Gasteiger charge is -2.32. The lowest BCUT2D eigenvalue weighted by Crippen LogP contribution is -2.44. The summed E-state index contributed by atoms with van der Waals surface area (Å²) < 4.78 is 31.5. The number of para-hydroxylation sites is 1. The van der Waals surface area contributed by atoms with E-state index in [4.69, 9.17) is 4.74 Å². The van der Waals surface area contributed by atoms with Crippen LogP contribution in [0.15, 0.2) is 24.3 Å². The number of carbonyl (C=O) groups is 1. The number of benzene rings is 1. The Kier molecular flexibility index (Phi) is 7.46. The molecule has 0 bridgehead atoms. The summed E-state index contributed by atoms with van der Waals surface area (Å²) in [5, 5.41) is 0. The number of methoxy groups -OCH3 is 1. The number of rotatable bonds is 8. The Morgan fingerprint density at radius 1 is 1.27 bits per heavy atom. The van der Waals surface area contributed by atoms with Crippen LogP contribution in [-0.4, -0.2) is 56.5 Å². The Bertz CT molecular complexity index is 697. The summed E-state index contributed by atoms with van der Waals surface area (Å²) in [7, 11) is 0.231. The van der Waals surface area contributed by atoms with Crippen LogP contribution in [0.25, 0.3) is 0 Å². The van der Waals surface area contributed by atoms with Crippen molar-refractivity contribution in [3.05, 3.63) is 29.8 Å². The van der Waals surface area contributed by atoms with E-state index < -0.39 is 10.0 Å². The molecule has 0 N–H and O–H groups in total. The summed E-state index contributed by atoms with van der Waals surface area (Å²) >= 11 is 0. The molecule has 0 radical (unpaired) electrons. The van der Waals surface area contributed by atoms with Crippen LogP contribution in [0.2, 0.25) is 0 Å². The second-order valence-electron chi connectivity index (χ2n) is 6.85. The molecule has 1 amide bonds. The van der Waals surface area contributed by atoms with E-state index >= 15 is 0 Å². The van der Waals surface area contributed by atoms with Crippen LogP contribution in [0.1, 0.15) is 38.2 Å². The molecule has 0 aromatic heterocycles. The fourth-order valence-corrected chi connectivity index (χ4v) is 4.99. The van der Waals surface area contributed by atoms with Gasteiger partial charge in [-0.2, -0.15) is 0 Å². The van der Waals surface area contributed by atoms with Gasteiger partial charge in [0.1, 0.15) is 5.75 Å². The van der Waals surface area contributed by atoms with E-state index in [2.05, 4.69) is 0 Å². The highest BCUT2D eigenvalue weighted by Crippen LogP contribution is 2.24. The Morgan fingerprint density at radius 3 is 2.54 bits per heavy atom. The third-order valence-electron chi connectivity index (χ3n) is 4.93. The highest BCUT2D eigenvalue weighted by Gasteiger charge is 2.32. The molecule has 0 atom stereocenters. The lowest BCUT2D eigenvalue weighted by atomic mass is 9.96. The first-order valence-electron chi connectivity index (χ1n) is 9.23. The molecule has 1 aliphatic rings. The summed E-state index contributed by atoms with van der Waals surface area (Å²) in [5.41, 5.74) is 0.963. The molecule has 1 aromatic rings. The van der Waals surface area contributed by atoms with Crippen LogP contribution >= 0.6 is 0 Å². The van der Waals surface area contributed by atoms with Gasteiger partial charge in [-0.1, -0.05) is 31.5 Å². The average Bonchev–Trinajstić information content (AvgIpc) is 2.66. The Hall–Kier alpha value is -1.60. The molecule has 1 saturated heterocycles. The largest absolute Gasteiger partial charge is 0.496 e. The first-order valence-corrected chi connectivity index (χ1v) is 10.8. The molecule has 26 heavy (non-hydrogen) atoms. The van der Waals surface area contributed by atoms with E-state index in [1.165, 1.54) is 0 Å². The zero-order chi connectivity index (χ0) is 19.2. The Balaban J connectivity index is 1.91. The fraction of sp³-hybridized carbons (Fsp3) is 0.632. The van der Waals surface area contributed by atoms with E-state index in [1.807, 2.05) is 31.2 Å². The van der Waals surface area contributed by atoms with Crippen molar-refractivity contribution in [2.45, 2.75) is 39.2 Å². The van der Waals surface area contributed by atoms with Gasteiger partial charge in [-0.05, 0) is 25.3 Å². The van der Waals surface area contributed by atoms with Crippen molar-refractivity contribution in [1.29, 1.82) is 0 Å². The van der Waals surface area contributed by atoms with E-state index in [-0.39, 0.29) is 17.6 Å². The second kappa shape index (κ2) is 9.37. The van der Waals surface area contributed by atoms with Crippen molar-refractivity contribution in [1.82, 2.24) is 9.21 Å². The van der Waals surface area contributed by atoms with Gasteiger partial charge in [0.05, 0.1) is 12.9 Å². The summed E-state index contributed by atoms with van der Waals surface area (Å²) in [6.07, 6.45) is 2.71. The maximum atomic E-state index is 12.7. The number of nitrogens with zero attached hydrogens (tertiary/aromatic N) is 2. The van der Waals surface area contributed by atoms with E-state index in [1.54, 1.807) is 23.4 Å². The summed E-state index contributed by atoms with van der Waals surface area (Å²) in [4.78, 5) is 14.5. The highest BCUT2D eigenvalue weighted by molar-refractivity contribution is 7.89. The van der Waals surface area contributed by atoms with Crippen molar-refractivity contribution in [2.75, 3.05) is 33.0 Å². The minimum absolute atomic E-state index is 0.0708. The number of hydrogen-bond donors (Lipinski definition) is 0.